The van der Waals surface area contributed by atoms with Crippen molar-refractivity contribution in [2.75, 3.05) is 46.1 Å². The quantitative estimate of drug-likeness (QED) is 0.306. The highest BCUT2D eigenvalue weighted by Gasteiger charge is 2.33. The maximum atomic E-state index is 5.60. The van der Waals surface area contributed by atoms with Gasteiger partial charge in [0.25, 0.3) is 0 Å². The summed E-state index contributed by atoms with van der Waals surface area (Å²) in [5, 5.41) is 6.73. The SMILES string of the molecule is CCCCOCCNC(=NCC1(CCOCC)CCCC1)NCC. The van der Waals surface area contributed by atoms with E-state index < -0.39 is 0 Å². The predicted molar refractivity (Wildman–Crippen MR) is 102 cm³/mol. The summed E-state index contributed by atoms with van der Waals surface area (Å²) >= 11 is 0. The van der Waals surface area contributed by atoms with Gasteiger partial charge >= 0.3 is 0 Å². The lowest BCUT2D eigenvalue weighted by molar-refractivity contribution is 0.107. The Labute approximate surface area is 149 Å². The summed E-state index contributed by atoms with van der Waals surface area (Å²) in [5.41, 5.74) is 0.342. The number of hydrogen-bond donors (Lipinski definition) is 2. The molecule has 0 aromatic carbocycles. The van der Waals surface area contributed by atoms with Crippen molar-refractivity contribution >= 4 is 5.96 Å². The lowest BCUT2D eigenvalue weighted by Crippen LogP contribution is -2.40. The lowest BCUT2D eigenvalue weighted by atomic mass is 9.83. The van der Waals surface area contributed by atoms with Crippen LogP contribution in [0.25, 0.3) is 0 Å². The molecule has 0 aliphatic heterocycles. The van der Waals surface area contributed by atoms with E-state index in [9.17, 15) is 0 Å². The zero-order chi connectivity index (χ0) is 17.5. The zero-order valence-corrected chi connectivity index (χ0v) is 16.2. The van der Waals surface area contributed by atoms with E-state index >= 15 is 0 Å². The van der Waals surface area contributed by atoms with Gasteiger partial charge in [-0.2, -0.15) is 0 Å². The molecule has 0 aromatic rings. The topological polar surface area (TPSA) is 54.9 Å². The summed E-state index contributed by atoms with van der Waals surface area (Å²) in [6.45, 7) is 12.2. The smallest absolute Gasteiger partial charge is 0.191 e. The Morgan fingerprint density at radius 2 is 1.79 bits per heavy atom. The Bertz CT molecular complexity index is 329. The van der Waals surface area contributed by atoms with Crippen molar-refractivity contribution in [1.29, 1.82) is 0 Å². The summed E-state index contributed by atoms with van der Waals surface area (Å²) < 4.78 is 11.2. The van der Waals surface area contributed by atoms with Gasteiger partial charge in [-0.05, 0) is 44.9 Å². The van der Waals surface area contributed by atoms with Crippen LogP contribution in [0.5, 0.6) is 0 Å². The number of ether oxygens (including phenoxy) is 2. The van der Waals surface area contributed by atoms with E-state index in [4.69, 9.17) is 14.5 Å². The minimum Gasteiger partial charge on any atom is -0.382 e. The number of nitrogens with zero attached hydrogens (tertiary/aromatic N) is 1. The van der Waals surface area contributed by atoms with Crippen LogP contribution >= 0.6 is 0 Å². The molecule has 142 valence electrons. The molecule has 5 nitrogen and oxygen atoms in total. The van der Waals surface area contributed by atoms with Gasteiger partial charge < -0.3 is 20.1 Å². The van der Waals surface area contributed by atoms with E-state index in [1.165, 1.54) is 32.1 Å². The minimum atomic E-state index is 0.342. The third-order valence-corrected chi connectivity index (χ3v) is 4.74. The van der Waals surface area contributed by atoms with Crippen LogP contribution < -0.4 is 10.6 Å². The first-order valence-corrected chi connectivity index (χ1v) is 9.94. The van der Waals surface area contributed by atoms with Gasteiger partial charge in [0.05, 0.1) is 6.61 Å². The number of hydrogen-bond acceptors (Lipinski definition) is 3. The molecule has 0 unspecified atom stereocenters. The molecule has 1 fully saturated rings. The van der Waals surface area contributed by atoms with E-state index in [0.29, 0.717) is 5.41 Å². The molecule has 0 amide bonds. The Morgan fingerprint density at radius 1 is 1.00 bits per heavy atom. The van der Waals surface area contributed by atoms with Crippen molar-refractivity contribution in [2.45, 2.75) is 65.7 Å². The summed E-state index contributed by atoms with van der Waals surface area (Å²) in [5.74, 6) is 0.916. The maximum Gasteiger partial charge on any atom is 0.191 e. The Morgan fingerprint density at radius 3 is 2.46 bits per heavy atom. The van der Waals surface area contributed by atoms with Crippen molar-refractivity contribution in [3.05, 3.63) is 0 Å². The summed E-state index contributed by atoms with van der Waals surface area (Å²) in [6, 6.07) is 0. The van der Waals surface area contributed by atoms with Crippen LogP contribution in [0.3, 0.4) is 0 Å². The van der Waals surface area contributed by atoms with E-state index in [-0.39, 0.29) is 0 Å². The maximum absolute atomic E-state index is 5.60. The number of unbranched alkanes of at least 4 members (excludes halogenated alkanes) is 1. The molecule has 0 spiro atoms. The van der Waals surface area contributed by atoms with E-state index in [0.717, 1.165) is 64.9 Å². The fourth-order valence-electron chi connectivity index (χ4n) is 3.22. The highest BCUT2D eigenvalue weighted by atomic mass is 16.5. The molecular weight excluding hydrogens is 302 g/mol. The normalized spacial score (nSPS) is 17.2. The number of aliphatic imine (C=N–C) groups is 1. The first-order valence-electron chi connectivity index (χ1n) is 9.94. The molecular formula is C19H39N3O2. The van der Waals surface area contributed by atoms with Crippen LogP contribution in [0, 0.1) is 5.41 Å². The second-order valence-corrected chi connectivity index (χ2v) is 6.74. The molecule has 0 bridgehead atoms. The Kier molecular flexibility index (Phi) is 11.9. The second-order valence-electron chi connectivity index (χ2n) is 6.74. The molecule has 1 aliphatic rings. The minimum absolute atomic E-state index is 0.342. The average molecular weight is 342 g/mol. The van der Waals surface area contributed by atoms with Gasteiger partial charge in [-0.15, -0.1) is 0 Å². The fourth-order valence-corrected chi connectivity index (χ4v) is 3.22. The molecule has 1 aliphatic carbocycles. The largest absolute Gasteiger partial charge is 0.382 e. The van der Waals surface area contributed by atoms with Crippen LogP contribution in [0.1, 0.15) is 65.7 Å². The van der Waals surface area contributed by atoms with E-state index in [1.807, 2.05) is 0 Å². The fraction of sp³-hybridized carbons (Fsp3) is 0.947. The van der Waals surface area contributed by atoms with Crippen molar-refractivity contribution < 1.29 is 9.47 Å². The van der Waals surface area contributed by atoms with Gasteiger partial charge in [-0.3, -0.25) is 4.99 Å². The van der Waals surface area contributed by atoms with Crippen LogP contribution in [-0.2, 0) is 9.47 Å². The summed E-state index contributed by atoms with van der Waals surface area (Å²) in [6.07, 6.45) is 8.67. The standard InChI is InChI=1S/C19H39N3O2/c1-4-7-14-24-16-13-21-18(20-5-2)22-17-19(10-8-9-11-19)12-15-23-6-3/h4-17H2,1-3H3,(H2,20,21,22). The molecule has 0 heterocycles. The van der Waals surface area contributed by atoms with Gasteiger partial charge in [-0.25, -0.2) is 0 Å². The van der Waals surface area contributed by atoms with Crippen LogP contribution in [-0.4, -0.2) is 52.0 Å². The third-order valence-electron chi connectivity index (χ3n) is 4.74. The Hall–Kier alpha value is -0.810. The van der Waals surface area contributed by atoms with E-state index in [2.05, 4.69) is 31.4 Å². The highest BCUT2D eigenvalue weighted by Crippen LogP contribution is 2.41. The van der Waals surface area contributed by atoms with Gasteiger partial charge in [0.2, 0.25) is 0 Å². The molecule has 24 heavy (non-hydrogen) atoms. The molecule has 2 N–H and O–H groups in total. The van der Waals surface area contributed by atoms with Crippen LogP contribution in [0.2, 0.25) is 0 Å². The zero-order valence-electron chi connectivity index (χ0n) is 16.2. The van der Waals surface area contributed by atoms with Crippen molar-refractivity contribution in [1.82, 2.24) is 10.6 Å². The van der Waals surface area contributed by atoms with Crippen molar-refractivity contribution in [2.24, 2.45) is 10.4 Å². The van der Waals surface area contributed by atoms with Gasteiger partial charge in [-0.1, -0.05) is 26.2 Å². The van der Waals surface area contributed by atoms with Gasteiger partial charge in [0.1, 0.15) is 0 Å². The number of rotatable bonds is 13. The molecule has 0 atom stereocenters. The van der Waals surface area contributed by atoms with Crippen molar-refractivity contribution in [3.63, 3.8) is 0 Å². The van der Waals surface area contributed by atoms with Gasteiger partial charge in [0, 0.05) is 39.5 Å². The summed E-state index contributed by atoms with van der Waals surface area (Å²) in [7, 11) is 0. The first-order chi connectivity index (χ1) is 11.8. The molecule has 0 saturated heterocycles. The van der Waals surface area contributed by atoms with Gasteiger partial charge in [0.15, 0.2) is 5.96 Å². The predicted octanol–water partition coefficient (Wildman–Crippen LogP) is 3.35. The monoisotopic (exact) mass is 341 g/mol. The van der Waals surface area contributed by atoms with Crippen LogP contribution in [0.15, 0.2) is 4.99 Å². The molecule has 1 rings (SSSR count). The number of guanidine groups is 1. The average Bonchev–Trinajstić information content (AvgIpc) is 3.05. The number of nitrogens with one attached hydrogen (secondary N) is 2. The molecule has 0 radical (unpaired) electrons. The molecule has 5 heteroatoms. The van der Waals surface area contributed by atoms with Crippen LogP contribution in [0.4, 0.5) is 0 Å². The van der Waals surface area contributed by atoms with E-state index in [1.54, 1.807) is 0 Å². The first kappa shape index (κ1) is 21.2. The molecule has 0 aromatic heterocycles. The molecule has 1 saturated carbocycles. The summed E-state index contributed by atoms with van der Waals surface area (Å²) in [4.78, 5) is 4.86. The highest BCUT2D eigenvalue weighted by molar-refractivity contribution is 5.79. The second kappa shape index (κ2) is 13.5. The third kappa shape index (κ3) is 8.88. The Balaban J connectivity index is 2.40. The lowest BCUT2D eigenvalue weighted by Gasteiger charge is -2.27. The van der Waals surface area contributed by atoms with Crippen molar-refractivity contribution in [3.8, 4) is 0 Å².